The lowest BCUT2D eigenvalue weighted by molar-refractivity contribution is -0.143. The number of para-hydroxylation sites is 2. The van der Waals surface area contributed by atoms with E-state index in [1.54, 1.807) is 4.90 Å². The summed E-state index contributed by atoms with van der Waals surface area (Å²) in [5.41, 5.74) is 2.50. The molecule has 2 aromatic rings. The third-order valence-corrected chi connectivity index (χ3v) is 5.81. The van der Waals surface area contributed by atoms with Crippen LogP contribution in [0.15, 0.2) is 48.5 Å². The fourth-order valence-electron chi connectivity index (χ4n) is 3.96. The van der Waals surface area contributed by atoms with Crippen LogP contribution in [0.5, 0.6) is 11.5 Å². The van der Waals surface area contributed by atoms with Crippen LogP contribution in [0.3, 0.4) is 0 Å². The molecule has 7 heteroatoms. The first kappa shape index (κ1) is 21.2. The van der Waals surface area contributed by atoms with Crippen molar-refractivity contribution in [3.05, 3.63) is 59.7 Å². The van der Waals surface area contributed by atoms with Gasteiger partial charge < -0.3 is 19.7 Å². The molecule has 1 fully saturated rings. The predicted octanol–water partition coefficient (Wildman–Crippen LogP) is 1.64. The Balaban J connectivity index is 1.18. The van der Waals surface area contributed by atoms with Gasteiger partial charge in [0.1, 0.15) is 6.61 Å². The summed E-state index contributed by atoms with van der Waals surface area (Å²) >= 11 is 0. The molecule has 0 radical (unpaired) electrons. The molecule has 0 spiro atoms. The summed E-state index contributed by atoms with van der Waals surface area (Å²) in [4.78, 5) is 29.0. The van der Waals surface area contributed by atoms with Gasteiger partial charge in [-0.2, -0.15) is 0 Å². The first-order valence-electron chi connectivity index (χ1n) is 10.8. The third kappa shape index (κ3) is 5.35. The van der Waals surface area contributed by atoms with E-state index < -0.39 is 6.10 Å². The molecule has 2 aliphatic heterocycles. The average molecular weight is 424 g/mol. The summed E-state index contributed by atoms with van der Waals surface area (Å²) in [6.45, 7) is 5.78. The maximum absolute atomic E-state index is 12.8. The maximum atomic E-state index is 12.8. The van der Waals surface area contributed by atoms with E-state index in [0.717, 1.165) is 6.42 Å². The smallest absolute Gasteiger partial charge is 0.267 e. The molecule has 0 saturated carbocycles. The van der Waals surface area contributed by atoms with E-state index in [4.69, 9.17) is 9.47 Å². The van der Waals surface area contributed by atoms with Gasteiger partial charge in [-0.25, -0.2) is 0 Å². The molecule has 2 heterocycles. The minimum atomic E-state index is -0.619. The Bertz CT molecular complexity index is 925. The average Bonchev–Trinajstić information content (AvgIpc) is 2.80. The zero-order valence-corrected chi connectivity index (χ0v) is 17.9. The number of benzene rings is 2. The Kier molecular flexibility index (Phi) is 6.72. The molecule has 1 atom stereocenters. The van der Waals surface area contributed by atoms with Crippen molar-refractivity contribution in [2.75, 3.05) is 45.9 Å². The second kappa shape index (κ2) is 9.83. The number of fused-ring (bicyclic) bond motifs is 1. The lowest BCUT2D eigenvalue weighted by Gasteiger charge is -2.36. The van der Waals surface area contributed by atoms with Crippen molar-refractivity contribution in [3.8, 4) is 11.5 Å². The van der Waals surface area contributed by atoms with Crippen LogP contribution in [0.2, 0.25) is 0 Å². The number of hydrogen-bond acceptors (Lipinski definition) is 5. The van der Waals surface area contributed by atoms with Gasteiger partial charge in [-0.05, 0) is 36.6 Å². The van der Waals surface area contributed by atoms with Crippen LogP contribution in [0, 0.1) is 6.92 Å². The fraction of sp³-hybridized carbons (Fsp3) is 0.417. The Labute approximate surface area is 182 Å². The van der Waals surface area contributed by atoms with Gasteiger partial charge in [0.05, 0.1) is 6.54 Å². The predicted molar refractivity (Wildman–Crippen MR) is 117 cm³/mol. The molecule has 2 amide bonds. The first-order chi connectivity index (χ1) is 15.1. The van der Waals surface area contributed by atoms with Crippen molar-refractivity contribution in [2.45, 2.75) is 19.4 Å². The van der Waals surface area contributed by atoms with Crippen LogP contribution in [0.1, 0.15) is 11.1 Å². The molecule has 2 aromatic carbocycles. The lowest BCUT2D eigenvalue weighted by atomic mass is 10.1. The number of nitrogens with zero attached hydrogens (tertiary/aromatic N) is 2. The van der Waals surface area contributed by atoms with Crippen LogP contribution in [0.4, 0.5) is 0 Å². The highest BCUT2D eigenvalue weighted by molar-refractivity contribution is 5.82. The molecule has 1 saturated heterocycles. The van der Waals surface area contributed by atoms with Gasteiger partial charge in [0, 0.05) is 32.7 Å². The number of nitrogens with one attached hydrogen (secondary N) is 1. The van der Waals surface area contributed by atoms with Gasteiger partial charge in [-0.15, -0.1) is 0 Å². The van der Waals surface area contributed by atoms with Crippen LogP contribution in [-0.4, -0.2) is 73.6 Å². The SMILES string of the molecule is Cc1ccccc1CCNC(=O)CN1CCN(C(=O)[C@H]2COc3ccccc3O2)CC1. The number of carbonyl (C=O) groups excluding carboxylic acids is 2. The molecule has 0 aliphatic carbocycles. The Morgan fingerprint density at radius 1 is 1.00 bits per heavy atom. The molecule has 164 valence electrons. The molecule has 7 nitrogen and oxygen atoms in total. The topological polar surface area (TPSA) is 71.1 Å². The number of aryl methyl sites for hydroxylation is 1. The fourth-order valence-corrected chi connectivity index (χ4v) is 3.96. The largest absolute Gasteiger partial charge is 0.485 e. The van der Waals surface area contributed by atoms with Crippen molar-refractivity contribution in [3.63, 3.8) is 0 Å². The summed E-state index contributed by atoms with van der Waals surface area (Å²) in [5.74, 6) is 1.24. The zero-order valence-electron chi connectivity index (χ0n) is 17.9. The lowest BCUT2D eigenvalue weighted by Crippen LogP contribution is -2.55. The number of piperazine rings is 1. The molecule has 1 N–H and O–H groups in total. The minimum Gasteiger partial charge on any atom is -0.485 e. The van der Waals surface area contributed by atoms with E-state index in [0.29, 0.717) is 50.8 Å². The molecular weight excluding hydrogens is 394 g/mol. The maximum Gasteiger partial charge on any atom is 0.267 e. The zero-order chi connectivity index (χ0) is 21.6. The number of carbonyl (C=O) groups is 2. The van der Waals surface area contributed by atoms with Crippen molar-refractivity contribution < 1.29 is 19.1 Å². The minimum absolute atomic E-state index is 0.0222. The molecule has 0 bridgehead atoms. The van der Waals surface area contributed by atoms with Gasteiger partial charge in [-0.1, -0.05) is 36.4 Å². The Hall–Kier alpha value is -3.06. The standard InChI is InChI=1S/C24H29N3O4/c1-18-6-2-3-7-19(18)10-11-25-23(28)16-26-12-14-27(15-13-26)24(29)22-17-30-20-8-4-5-9-21(20)31-22/h2-9,22H,10-17H2,1H3,(H,25,28)/t22-/m1/s1. The van der Waals surface area contributed by atoms with Crippen molar-refractivity contribution in [2.24, 2.45) is 0 Å². The van der Waals surface area contributed by atoms with Gasteiger partial charge in [0.2, 0.25) is 12.0 Å². The monoisotopic (exact) mass is 423 g/mol. The number of hydrogen-bond donors (Lipinski definition) is 1. The first-order valence-corrected chi connectivity index (χ1v) is 10.8. The molecule has 31 heavy (non-hydrogen) atoms. The van der Waals surface area contributed by atoms with E-state index in [-0.39, 0.29) is 18.4 Å². The van der Waals surface area contributed by atoms with Gasteiger partial charge in [0.15, 0.2) is 11.5 Å². The van der Waals surface area contributed by atoms with Crippen LogP contribution < -0.4 is 14.8 Å². The van der Waals surface area contributed by atoms with E-state index in [2.05, 4.69) is 29.3 Å². The highest BCUT2D eigenvalue weighted by atomic mass is 16.6. The highest BCUT2D eigenvalue weighted by Crippen LogP contribution is 2.31. The second-order valence-electron chi connectivity index (χ2n) is 7.99. The van der Waals surface area contributed by atoms with Gasteiger partial charge in [-0.3, -0.25) is 14.5 Å². The van der Waals surface area contributed by atoms with E-state index >= 15 is 0 Å². The molecular formula is C24H29N3O4. The van der Waals surface area contributed by atoms with Gasteiger partial charge >= 0.3 is 0 Å². The number of ether oxygens (including phenoxy) is 2. The molecule has 4 rings (SSSR count). The van der Waals surface area contributed by atoms with Crippen LogP contribution in [-0.2, 0) is 16.0 Å². The second-order valence-corrected chi connectivity index (χ2v) is 7.99. The third-order valence-electron chi connectivity index (χ3n) is 5.81. The molecule has 0 unspecified atom stereocenters. The summed E-state index contributed by atoms with van der Waals surface area (Å²) in [6.07, 6.45) is 0.207. The summed E-state index contributed by atoms with van der Waals surface area (Å²) in [5, 5.41) is 3.00. The van der Waals surface area contributed by atoms with Crippen LogP contribution >= 0.6 is 0 Å². The van der Waals surface area contributed by atoms with Crippen molar-refractivity contribution in [1.29, 1.82) is 0 Å². The number of amides is 2. The van der Waals surface area contributed by atoms with E-state index in [9.17, 15) is 9.59 Å². The quantitative estimate of drug-likeness (QED) is 0.765. The van der Waals surface area contributed by atoms with Crippen molar-refractivity contribution in [1.82, 2.24) is 15.1 Å². The summed E-state index contributed by atoms with van der Waals surface area (Å²) < 4.78 is 11.5. The van der Waals surface area contributed by atoms with E-state index in [1.165, 1.54) is 11.1 Å². The highest BCUT2D eigenvalue weighted by Gasteiger charge is 2.32. The Morgan fingerprint density at radius 2 is 1.71 bits per heavy atom. The van der Waals surface area contributed by atoms with Crippen LogP contribution in [0.25, 0.3) is 0 Å². The Morgan fingerprint density at radius 3 is 2.48 bits per heavy atom. The van der Waals surface area contributed by atoms with Gasteiger partial charge in [0.25, 0.3) is 5.91 Å². The molecule has 2 aliphatic rings. The summed E-state index contributed by atoms with van der Waals surface area (Å²) in [7, 11) is 0. The summed E-state index contributed by atoms with van der Waals surface area (Å²) in [6, 6.07) is 15.6. The van der Waals surface area contributed by atoms with Crippen molar-refractivity contribution >= 4 is 11.8 Å². The molecule has 0 aromatic heterocycles. The number of rotatable bonds is 6. The normalized spacial score (nSPS) is 18.5. The van der Waals surface area contributed by atoms with E-state index in [1.807, 2.05) is 36.4 Å².